The molecular formula is C45H77N11O13. The van der Waals surface area contributed by atoms with Crippen LogP contribution in [0, 0.1) is 17.8 Å². The Morgan fingerprint density at radius 2 is 1.23 bits per heavy atom. The molecule has 0 bridgehead atoms. The van der Waals surface area contributed by atoms with Gasteiger partial charge in [0.05, 0.1) is 12.6 Å². The van der Waals surface area contributed by atoms with Gasteiger partial charge in [0.1, 0.15) is 48.3 Å². The average molecular weight is 980 g/mol. The van der Waals surface area contributed by atoms with Crippen molar-refractivity contribution in [2.45, 2.75) is 174 Å². The van der Waals surface area contributed by atoms with Crippen molar-refractivity contribution >= 4 is 65.1 Å². The van der Waals surface area contributed by atoms with Crippen LogP contribution >= 0.6 is 0 Å². The Kier molecular flexibility index (Phi) is 25.1. The highest BCUT2D eigenvalue weighted by atomic mass is 16.4. The third kappa shape index (κ3) is 19.9. The monoisotopic (exact) mass is 980 g/mol. The fourth-order valence-electron chi connectivity index (χ4n) is 7.83. The Hall–Kier alpha value is -5.91. The van der Waals surface area contributed by atoms with E-state index in [4.69, 9.17) is 5.73 Å². The van der Waals surface area contributed by atoms with Gasteiger partial charge in [0.2, 0.25) is 53.2 Å². The minimum atomic E-state index is -1.41. The van der Waals surface area contributed by atoms with Crippen LogP contribution in [0.2, 0.25) is 0 Å². The number of carboxylic acid groups (broad SMARTS) is 2. The number of carbonyl (C=O) groups excluding carboxylic acids is 9. The van der Waals surface area contributed by atoms with E-state index in [1.165, 1.54) is 18.7 Å². The molecule has 24 heteroatoms. The molecule has 0 aliphatic carbocycles. The first-order valence-corrected chi connectivity index (χ1v) is 24.0. The molecule has 0 saturated carbocycles. The Bertz CT molecular complexity index is 1820. The van der Waals surface area contributed by atoms with Crippen molar-refractivity contribution in [1.29, 1.82) is 0 Å². The van der Waals surface area contributed by atoms with Gasteiger partial charge in [0, 0.05) is 13.0 Å². The van der Waals surface area contributed by atoms with Gasteiger partial charge in [-0.25, -0.2) is 4.79 Å². The van der Waals surface area contributed by atoms with Crippen molar-refractivity contribution < 1.29 is 63.0 Å². The van der Waals surface area contributed by atoms with Gasteiger partial charge in [-0.15, -0.1) is 0 Å². The molecule has 390 valence electrons. The first kappa shape index (κ1) is 59.2. The first-order valence-electron chi connectivity index (χ1n) is 24.0. The molecule has 0 unspecified atom stereocenters. The van der Waals surface area contributed by atoms with Crippen LogP contribution in [-0.2, 0) is 52.7 Å². The van der Waals surface area contributed by atoms with Crippen LogP contribution in [0.15, 0.2) is 0 Å². The predicted molar refractivity (Wildman–Crippen MR) is 250 cm³/mol. The summed E-state index contributed by atoms with van der Waals surface area (Å²) in [6, 6.07) is -9.87. The van der Waals surface area contributed by atoms with Crippen molar-refractivity contribution in [1.82, 2.24) is 52.8 Å². The van der Waals surface area contributed by atoms with Crippen molar-refractivity contribution in [3.63, 3.8) is 0 Å². The van der Waals surface area contributed by atoms with Crippen LogP contribution in [-0.4, -0.2) is 161 Å². The minimum Gasteiger partial charge on any atom is -0.481 e. The lowest BCUT2D eigenvalue weighted by Gasteiger charge is -2.31. The van der Waals surface area contributed by atoms with Crippen LogP contribution < -0.4 is 53.6 Å². The van der Waals surface area contributed by atoms with E-state index < -0.39 is 138 Å². The van der Waals surface area contributed by atoms with E-state index in [0.717, 1.165) is 6.42 Å². The second-order valence-corrected chi connectivity index (χ2v) is 18.9. The summed E-state index contributed by atoms with van der Waals surface area (Å²) < 4.78 is 0. The zero-order valence-electron chi connectivity index (χ0n) is 41.2. The number of nitrogens with two attached hydrogens (primary N) is 1. The number of rotatable bonds is 29. The summed E-state index contributed by atoms with van der Waals surface area (Å²) in [6.07, 6.45) is 2.41. The zero-order valence-corrected chi connectivity index (χ0v) is 41.2. The van der Waals surface area contributed by atoms with Crippen LogP contribution in [0.1, 0.15) is 120 Å². The third-order valence-electron chi connectivity index (χ3n) is 11.8. The number of aliphatic carboxylic acids is 2. The average Bonchev–Trinajstić information content (AvgIpc) is 4.00. The van der Waals surface area contributed by atoms with Crippen LogP contribution in [0.4, 0.5) is 0 Å². The number of unbranched alkanes of at least 4 members (excludes halogenated alkanes) is 1. The van der Waals surface area contributed by atoms with Gasteiger partial charge >= 0.3 is 11.9 Å². The number of carboxylic acids is 2. The van der Waals surface area contributed by atoms with E-state index >= 15 is 0 Å². The van der Waals surface area contributed by atoms with E-state index in [0.29, 0.717) is 38.8 Å². The lowest BCUT2D eigenvalue weighted by Crippen LogP contribution is -2.59. The SMILES string of the molecule is CC(C)C[C@H](NC(=O)CNC(=O)[C@@H](NC(=O)[C@@H]1CCCN1C(=O)[C@H](CCC(=O)O)NC(=O)[C@H](C)NC(=O)[C@H](C)NC(=O)[C@@H]1CCCN1)C(C)C)C(=O)N[C@H](C(=O)N[C@@H](CCCCN)C(=O)O)C(C)C. The molecule has 0 aromatic rings. The van der Waals surface area contributed by atoms with Gasteiger partial charge in [-0.05, 0) is 102 Å². The maximum atomic E-state index is 14.0. The molecule has 24 nitrogen and oxygen atoms in total. The molecule has 0 spiro atoms. The van der Waals surface area contributed by atoms with E-state index in [1.807, 2.05) is 13.8 Å². The summed E-state index contributed by atoms with van der Waals surface area (Å²) in [5, 5.41) is 42.5. The number of nitrogens with zero attached hydrogens (tertiary/aromatic N) is 1. The van der Waals surface area contributed by atoms with Crippen molar-refractivity contribution in [2.75, 3.05) is 26.2 Å². The fourth-order valence-corrected chi connectivity index (χ4v) is 7.83. The molecule has 2 saturated heterocycles. The Balaban J connectivity index is 2.10. The molecule has 0 aromatic carbocycles. The van der Waals surface area contributed by atoms with Gasteiger partial charge in [-0.2, -0.15) is 0 Å². The topological polar surface area (TPSA) is 366 Å². The highest BCUT2D eigenvalue weighted by Gasteiger charge is 2.40. The molecule has 0 aromatic heterocycles. The molecule has 2 aliphatic heterocycles. The van der Waals surface area contributed by atoms with Gasteiger partial charge < -0.3 is 68.7 Å². The van der Waals surface area contributed by atoms with E-state index in [9.17, 15) is 63.0 Å². The Labute approximate surface area is 403 Å². The van der Waals surface area contributed by atoms with Crippen LogP contribution in [0.25, 0.3) is 0 Å². The fraction of sp³-hybridized carbons (Fsp3) is 0.756. The quantitative estimate of drug-likeness (QED) is 0.0351. The normalized spacial score (nSPS) is 18.7. The molecule has 2 heterocycles. The van der Waals surface area contributed by atoms with Crippen molar-refractivity contribution in [2.24, 2.45) is 23.5 Å². The summed E-state index contributed by atoms with van der Waals surface area (Å²) in [7, 11) is 0. The lowest BCUT2D eigenvalue weighted by molar-refractivity contribution is -0.143. The second kappa shape index (κ2) is 29.2. The summed E-state index contributed by atoms with van der Waals surface area (Å²) >= 11 is 0. The molecule has 0 radical (unpaired) electrons. The van der Waals surface area contributed by atoms with E-state index in [-0.39, 0.29) is 44.1 Å². The highest BCUT2D eigenvalue weighted by molar-refractivity contribution is 5.98. The number of hydrogen-bond donors (Lipinski definition) is 12. The van der Waals surface area contributed by atoms with E-state index in [1.54, 1.807) is 27.7 Å². The number of likely N-dealkylation sites (tertiary alicyclic amines) is 1. The van der Waals surface area contributed by atoms with Crippen LogP contribution in [0.5, 0.6) is 0 Å². The predicted octanol–water partition coefficient (Wildman–Crippen LogP) is -2.28. The first-order chi connectivity index (χ1) is 32.4. The Morgan fingerprint density at radius 1 is 0.623 bits per heavy atom. The number of nitrogens with one attached hydrogen (secondary N) is 9. The largest absolute Gasteiger partial charge is 0.481 e. The summed E-state index contributed by atoms with van der Waals surface area (Å²) in [5.74, 6) is -9.84. The molecule has 2 aliphatic rings. The molecule has 69 heavy (non-hydrogen) atoms. The van der Waals surface area contributed by atoms with Gasteiger partial charge in [-0.1, -0.05) is 41.5 Å². The summed E-state index contributed by atoms with van der Waals surface area (Å²) in [5.41, 5.74) is 5.51. The highest BCUT2D eigenvalue weighted by Crippen LogP contribution is 2.21. The van der Waals surface area contributed by atoms with E-state index in [2.05, 4.69) is 47.9 Å². The lowest BCUT2D eigenvalue weighted by atomic mass is 9.99. The zero-order chi connectivity index (χ0) is 52.1. The molecule has 9 amide bonds. The number of amides is 9. The standard InChI is InChI=1S/C45H77N11O13/c1-23(2)21-31(40(63)54-36(25(5)6)43(66)53-30(45(68)69)13-9-10-18-46)51-33(57)22-48-42(65)35(24(3)4)55-41(64)32-15-12-20-56(32)44(67)29(16-17-34(58)59)52-38(61)27(8)49-37(60)26(7)50-39(62)28-14-11-19-47-28/h23-32,35-36,47H,9-22,46H2,1-8H3,(H,48,65)(H,49,60)(H,50,62)(H,51,57)(H,52,61)(H,53,66)(H,54,63)(H,55,64)(H,58,59)(H,68,69)/t26-,27-,28-,29-,30-,31-,32-,35-,36-/m0/s1. The molecule has 2 rings (SSSR count). The Morgan fingerprint density at radius 3 is 1.80 bits per heavy atom. The smallest absolute Gasteiger partial charge is 0.326 e. The van der Waals surface area contributed by atoms with Crippen molar-refractivity contribution in [3.8, 4) is 0 Å². The molecule has 13 N–H and O–H groups in total. The maximum Gasteiger partial charge on any atom is 0.326 e. The molecule has 9 atom stereocenters. The minimum absolute atomic E-state index is 0.0697. The molecule has 2 fully saturated rings. The molecular weight excluding hydrogens is 903 g/mol. The second-order valence-electron chi connectivity index (χ2n) is 18.9. The number of hydrogen-bond acceptors (Lipinski definition) is 13. The number of carbonyl (C=O) groups is 11. The third-order valence-corrected chi connectivity index (χ3v) is 11.8. The summed E-state index contributed by atoms with van der Waals surface area (Å²) in [4.78, 5) is 145. The van der Waals surface area contributed by atoms with Gasteiger partial charge in [0.15, 0.2) is 0 Å². The van der Waals surface area contributed by atoms with Crippen molar-refractivity contribution in [3.05, 3.63) is 0 Å². The van der Waals surface area contributed by atoms with Crippen LogP contribution in [0.3, 0.4) is 0 Å². The van der Waals surface area contributed by atoms with Gasteiger partial charge in [0.25, 0.3) is 0 Å². The maximum absolute atomic E-state index is 14.0. The summed E-state index contributed by atoms with van der Waals surface area (Å²) in [6.45, 7) is 13.5. The van der Waals surface area contributed by atoms with Gasteiger partial charge in [-0.3, -0.25) is 47.9 Å².